The first-order chi connectivity index (χ1) is 8.81. The quantitative estimate of drug-likeness (QED) is 0.395. The Morgan fingerprint density at radius 3 is 2.56 bits per heavy atom. The molecule has 0 N–H and O–H groups in total. The van der Waals surface area contributed by atoms with Gasteiger partial charge in [-0.25, -0.2) is 4.79 Å². The fourth-order valence-electron chi connectivity index (χ4n) is 1.71. The molecular weight excluding hydrogens is 246 g/mol. The van der Waals surface area contributed by atoms with Crippen LogP contribution in [-0.2, 0) is 11.3 Å². The van der Waals surface area contributed by atoms with Crippen LogP contribution in [-0.4, -0.2) is 11.9 Å². The SMILES string of the molecule is O=C(OCS)c1cccc[n+]1Cc1ccccc1. The number of hydrogen-bond donors (Lipinski definition) is 1. The molecule has 0 unspecified atom stereocenters. The molecule has 1 heterocycles. The van der Waals surface area contributed by atoms with E-state index in [4.69, 9.17) is 4.74 Å². The number of thiol groups is 1. The van der Waals surface area contributed by atoms with Crippen molar-refractivity contribution in [2.75, 3.05) is 5.94 Å². The predicted molar refractivity (Wildman–Crippen MR) is 71.4 cm³/mol. The topological polar surface area (TPSA) is 30.2 Å². The summed E-state index contributed by atoms with van der Waals surface area (Å²) in [5.41, 5.74) is 1.66. The Hall–Kier alpha value is -1.81. The van der Waals surface area contributed by atoms with Gasteiger partial charge in [-0.15, -0.1) is 12.6 Å². The third-order valence-electron chi connectivity index (χ3n) is 2.54. The summed E-state index contributed by atoms with van der Waals surface area (Å²) in [5, 5.41) is 0. The van der Waals surface area contributed by atoms with Crippen LogP contribution in [0.15, 0.2) is 54.7 Å². The molecule has 1 aromatic carbocycles. The molecule has 2 aromatic rings. The lowest BCUT2D eigenvalue weighted by Gasteiger charge is -2.03. The van der Waals surface area contributed by atoms with E-state index in [1.54, 1.807) is 6.07 Å². The standard InChI is InChI=1S/C14H13NO2S/c16-14(17-11-18)13-8-4-5-9-15(13)10-12-6-2-1-3-7-12/h1-9H,10-11H2/p+1. The highest BCUT2D eigenvalue weighted by atomic mass is 32.1. The maximum absolute atomic E-state index is 11.8. The van der Waals surface area contributed by atoms with E-state index in [1.807, 2.05) is 53.2 Å². The van der Waals surface area contributed by atoms with Crippen molar-refractivity contribution in [3.05, 3.63) is 66.0 Å². The highest BCUT2D eigenvalue weighted by Gasteiger charge is 2.19. The minimum atomic E-state index is -0.360. The Morgan fingerprint density at radius 2 is 1.83 bits per heavy atom. The lowest BCUT2D eigenvalue weighted by atomic mass is 10.2. The van der Waals surface area contributed by atoms with Gasteiger partial charge in [0.25, 0.3) is 5.69 Å². The maximum Gasteiger partial charge on any atom is 0.404 e. The molecule has 0 spiro atoms. The van der Waals surface area contributed by atoms with Crippen LogP contribution in [0, 0.1) is 0 Å². The second-order valence-electron chi connectivity index (χ2n) is 3.76. The molecule has 3 nitrogen and oxygen atoms in total. The summed E-state index contributed by atoms with van der Waals surface area (Å²) in [6.07, 6.45) is 1.86. The largest absolute Gasteiger partial charge is 0.447 e. The molecule has 0 radical (unpaired) electrons. The van der Waals surface area contributed by atoms with Gasteiger partial charge in [-0.2, -0.15) is 4.57 Å². The van der Waals surface area contributed by atoms with Gasteiger partial charge in [0.1, 0.15) is 5.94 Å². The predicted octanol–water partition coefficient (Wildman–Crippen LogP) is 2.07. The first-order valence-corrected chi connectivity index (χ1v) is 6.25. The van der Waals surface area contributed by atoms with Crippen molar-refractivity contribution in [1.82, 2.24) is 0 Å². The molecule has 0 atom stereocenters. The number of pyridine rings is 1. The lowest BCUT2D eigenvalue weighted by molar-refractivity contribution is -0.690. The smallest absolute Gasteiger partial charge is 0.404 e. The van der Waals surface area contributed by atoms with Crippen molar-refractivity contribution in [1.29, 1.82) is 0 Å². The summed E-state index contributed by atoms with van der Waals surface area (Å²) in [6, 6.07) is 15.4. The van der Waals surface area contributed by atoms with Crippen LogP contribution < -0.4 is 4.57 Å². The highest BCUT2D eigenvalue weighted by Crippen LogP contribution is 2.01. The molecule has 0 fully saturated rings. The van der Waals surface area contributed by atoms with Gasteiger partial charge in [-0.05, 0) is 6.07 Å². The number of carbonyl (C=O) groups excluding carboxylic acids is 1. The van der Waals surface area contributed by atoms with Crippen molar-refractivity contribution in [3.8, 4) is 0 Å². The van der Waals surface area contributed by atoms with Crippen LogP contribution in [0.4, 0.5) is 0 Å². The van der Waals surface area contributed by atoms with E-state index >= 15 is 0 Å². The number of hydrogen-bond acceptors (Lipinski definition) is 3. The summed E-state index contributed by atoms with van der Waals surface area (Å²) in [4.78, 5) is 11.8. The van der Waals surface area contributed by atoms with Crippen molar-refractivity contribution in [3.63, 3.8) is 0 Å². The van der Waals surface area contributed by atoms with Gasteiger partial charge in [-0.3, -0.25) is 0 Å². The second kappa shape index (κ2) is 6.21. The van der Waals surface area contributed by atoms with E-state index in [9.17, 15) is 4.79 Å². The Balaban J connectivity index is 2.25. The van der Waals surface area contributed by atoms with Crippen molar-refractivity contribution < 1.29 is 14.1 Å². The number of benzene rings is 1. The summed E-state index contributed by atoms with van der Waals surface area (Å²) < 4.78 is 6.77. The molecule has 0 bridgehead atoms. The average molecular weight is 260 g/mol. The number of ether oxygens (including phenoxy) is 1. The zero-order valence-electron chi connectivity index (χ0n) is 9.82. The molecule has 2 rings (SSSR count). The van der Waals surface area contributed by atoms with Crippen LogP contribution in [0.1, 0.15) is 16.1 Å². The molecule has 1 aromatic heterocycles. The molecular formula is C14H14NO2S+. The third-order valence-corrected chi connectivity index (χ3v) is 2.67. The van der Waals surface area contributed by atoms with Gasteiger partial charge in [0.2, 0.25) is 0 Å². The fraction of sp³-hybridized carbons (Fsp3) is 0.143. The van der Waals surface area contributed by atoms with E-state index in [2.05, 4.69) is 12.6 Å². The van der Waals surface area contributed by atoms with E-state index in [1.165, 1.54) is 0 Å². The number of carbonyl (C=O) groups is 1. The molecule has 0 saturated carbocycles. The summed E-state index contributed by atoms with van der Waals surface area (Å²) in [7, 11) is 0. The van der Waals surface area contributed by atoms with Gasteiger partial charge in [0, 0.05) is 17.7 Å². The van der Waals surface area contributed by atoms with E-state index in [-0.39, 0.29) is 11.9 Å². The lowest BCUT2D eigenvalue weighted by Crippen LogP contribution is -2.41. The minimum absolute atomic E-state index is 0.0824. The molecule has 18 heavy (non-hydrogen) atoms. The van der Waals surface area contributed by atoms with Gasteiger partial charge in [-0.1, -0.05) is 30.3 Å². The molecule has 0 saturated heterocycles. The number of nitrogens with zero attached hydrogens (tertiary/aromatic N) is 1. The molecule has 0 aliphatic rings. The fourth-order valence-corrected chi connectivity index (χ4v) is 1.83. The first-order valence-electron chi connectivity index (χ1n) is 5.61. The van der Waals surface area contributed by atoms with Gasteiger partial charge >= 0.3 is 5.97 Å². The number of rotatable bonds is 4. The van der Waals surface area contributed by atoms with Gasteiger partial charge < -0.3 is 4.74 Å². The van der Waals surface area contributed by atoms with Crippen molar-refractivity contribution in [2.45, 2.75) is 6.54 Å². The third kappa shape index (κ3) is 3.11. The van der Waals surface area contributed by atoms with Crippen LogP contribution in [0.25, 0.3) is 0 Å². The van der Waals surface area contributed by atoms with E-state index in [0.717, 1.165) is 5.56 Å². The van der Waals surface area contributed by atoms with Crippen LogP contribution >= 0.6 is 12.6 Å². The molecule has 0 aliphatic heterocycles. The zero-order chi connectivity index (χ0) is 12.8. The van der Waals surface area contributed by atoms with Crippen molar-refractivity contribution >= 4 is 18.6 Å². The van der Waals surface area contributed by atoms with E-state index < -0.39 is 0 Å². The normalized spacial score (nSPS) is 10.1. The van der Waals surface area contributed by atoms with Gasteiger partial charge in [0.05, 0.1) is 0 Å². The Bertz CT molecular complexity index is 528. The molecule has 0 amide bonds. The Labute approximate surface area is 111 Å². The molecule has 4 heteroatoms. The number of esters is 1. The maximum atomic E-state index is 11.8. The Kier molecular flexibility index (Phi) is 4.36. The summed E-state index contributed by atoms with van der Waals surface area (Å²) >= 11 is 3.89. The van der Waals surface area contributed by atoms with E-state index in [0.29, 0.717) is 12.2 Å². The summed E-state index contributed by atoms with van der Waals surface area (Å²) in [5.74, 6) is -0.277. The highest BCUT2D eigenvalue weighted by molar-refractivity contribution is 7.80. The Morgan fingerprint density at radius 1 is 1.11 bits per heavy atom. The monoisotopic (exact) mass is 260 g/mol. The molecule has 0 aliphatic carbocycles. The zero-order valence-corrected chi connectivity index (χ0v) is 10.7. The second-order valence-corrected chi connectivity index (χ2v) is 4.02. The van der Waals surface area contributed by atoms with Crippen LogP contribution in [0.5, 0.6) is 0 Å². The van der Waals surface area contributed by atoms with Crippen molar-refractivity contribution in [2.24, 2.45) is 0 Å². The summed E-state index contributed by atoms with van der Waals surface area (Å²) in [6.45, 7) is 0.638. The molecule has 92 valence electrons. The van der Waals surface area contributed by atoms with Gasteiger partial charge in [0.15, 0.2) is 12.7 Å². The number of aromatic nitrogens is 1. The average Bonchev–Trinajstić information content (AvgIpc) is 2.41. The van der Waals surface area contributed by atoms with Crippen LogP contribution in [0.3, 0.4) is 0 Å². The minimum Gasteiger partial charge on any atom is -0.447 e. The first kappa shape index (κ1) is 12.6. The van der Waals surface area contributed by atoms with Crippen LogP contribution in [0.2, 0.25) is 0 Å².